The van der Waals surface area contributed by atoms with Crippen LogP contribution in [0, 0.1) is 0 Å². The summed E-state index contributed by atoms with van der Waals surface area (Å²) in [6, 6.07) is 18.6. The van der Waals surface area contributed by atoms with Crippen molar-refractivity contribution in [1.29, 1.82) is 0 Å². The van der Waals surface area contributed by atoms with E-state index in [0.29, 0.717) is 40.4 Å². The molecule has 0 spiro atoms. The van der Waals surface area contributed by atoms with Crippen LogP contribution in [0.4, 0.5) is 5.69 Å². The number of halogens is 1. The molecule has 4 aromatic rings. The van der Waals surface area contributed by atoms with Gasteiger partial charge in [0, 0.05) is 11.1 Å². The second-order valence-electron chi connectivity index (χ2n) is 8.43. The van der Waals surface area contributed by atoms with Crippen LogP contribution in [0.5, 0.6) is 5.75 Å². The van der Waals surface area contributed by atoms with Crippen LogP contribution in [0.3, 0.4) is 0 Å². The summed E-state index contributed by atoms with van der Waals surface area (Å²) in [6.45, 7) is 7.10. The number of oxazole rings is 1. The summed E-state index contributed by atoms with van der Waals surface area (Å²) >= 11 is 6.39. The molecule has 0 saturated carbocycles. The van der Waals surface area contributed by atoms with E-state index in [4.69, 9.17) is 20.8 Å². The van der Waals surface area contributed by atoms with E-state index in [9.17, 15) is 4.79 Å². The number of hydrogen-bond acceptors (Lipinski definition) is 4. The second kappa shape index (κ2) is 10.7. The predicted octanol–water partition coefficient (Wildman–Crippen LogP) is 8.09. The van der Waals surface area contributed by atoms with Crippen LogP contribution in [0.15, 0.2) is 65.1 Å². The number of benzene rings is 3. The number of aromatic nitrogens is 1. The Hall–Kier alpha value is -3.31. The highest BCUT2D eigenvalue weighted by Gasteiger charge is 2.15. The minimum atomic E-state index is -0.268. The molecule has 34 heavy (non-hydrogen) atoms. The molecule has 0 aliphatic heterocycles. The van der Waals surface area contributed by atoms with Crippen molar-refractivity contribution in [1.82, 2.24) is 4.98 Å². The van der Waals surface area contributed by atoms with Gasteiger partial charge < -0.3 is 14.5 Å². The second-order valence-corrected chi connectivity index (χ2v) is 8.84. The van der Waals surface area contributed by atoms with Gasteiger partial charge in [0.15, 0.2) is 5.58 Å². The third-order valence-corrected chi connectivity index (χ3v) is 6.25. The summed E-state index contributed by atoms with van der Waals surface area (Å²) in [5.74, 6) is 1.34. The summed E-state index contributed by atoms with van der Waals surface area (Å²) in [5.41, 5.74) is 4.49. The van der Waals surface area contributed by atoms with Gasteiger partial charge in [-0.05, 0) is 72.9 Å². The van der Waals surface area contributed by atoms with Gasteiger partial charge in [-0.2, -0.15) is 0 Å². The van der Waals surface area contributed by atoms with E-state index >= 15 is 0 Å². The van der Waals surface area contributed by atoms with E-state index in [0.717, 1.165) is 35.9 Å². The topological polar surface area (TPSA) is 64.4 Å². The van der Waals surface area contributed by atoms with Gasteiger partial charge in [0.05, 0.1) is 17.3 Å². The molecule has 5 nitrogen and oxygen atoms in total. The molecule has 176 valence electrons. The van der Waals surface area contributed by atoms with Crippen LogP contribution >= 0.6 is 11.6 Å². The van der Waals surface area contributed by atoms with Crippen molar-refractivity contribution in [3.63, 3.8) is 0 Å². The van der Waals surface area contributed by atoms with Gasteiger partial charge in [-0.3, -0.25) is 4.79 Å². The average Bonchev–Trinajstić information content (AvgIpc) is 3.28. The molecule has 0 fully saturated rings. The zero-order chi connectivity index (χ0) is 24.1. The van der Waals surface area contributed by atoms with Crippen molar-refractivity contribution >= 4 is 34.3 Å². The van der Waals surface area contributed by atoms with E-state index in [1.54, 1.807) is 30.3 Å². The smallest absolute Gasteiger partial charge is 0.255 e. The largest absolute Gasteiger partial charge is 0.494 e. The normalized spacial score (nSPS) is 12.0. The fourth-order valence-corrected chi connectivity index (χ4v) is 3.79. The van der Waals surface area contributed by atoms with Gasteiger partial charge in [0.1, 0.15) is 11.3 Å². The Morgan fingerprint density at radius 1 is 1.12 bits per heavy atom. The standard InChI is InChI=1S/C28H29ClN2O3/c1-4-6-14-33-22-9-7-8-20(15-22)27(32)30-24-17-21(10-12-23(24)29)28-31-25-16-19(18(3)5-2)11-13-26(25)34-28/h7-13,15-18H,4-6,14H2,1-3H3,(H,30,32). The van der Waals surface area contributed by atoms with E-state index in [1.807, 2.05) is 18.2 Å². The fourth-order valence-electron chi connectivity index (χ4n) is 3.62. The lowest BCUT2D eigenvalue weighted by Gasteiger charge is -2.10. The minimum absolute atomic E-state index is 0.268. The molecule has 0 saturated heterocycles. The molecular weight excluding hydrogens is 448 g/mol. The molecule has 1 unspecified atom stereocenters. The lowest BCUT2D eigenvalue weighted by Crippen LogP contribution is -2.12. The van der Waals surface area contributed by atoms with Crippen molar-refractivity contribution in [3.05, 3.63) is 76.8 Å². The van der Waals surface area contributed by atoms with Gasteiger partial charge in [-0.25, -0.2) is 4.98 Å². The Bertz CT molecular complexity index is 1300. The number of carbonyl (C=O) groups excluding carboxylic acids is 1. The summed E-state index contributed by atoms with van der Waals surface area (Å²) in [6.07, 6.45) is 3.08. The van der Waals surface area contributed by atoms with Crippen LogP contribution in [0.1, 0.15) is 61.9 Å². The molecule has 0 aliphatic rings. The van der Waals surface area contributed by atoms with Crippen LogP contribution in [0.2, 0.25) is 5.02 Å². The minimum Gasteiger partial charge on any atom is -0.494 e. The lowest BCUT2D eigenvalue weighted by atomic mass is 9.98. The molecule has 6 heteroatoms. The first-order valence-electron chi connectivity index (χ1n) is 11.7. The van der Waals surface area contributed by atoms with Crippen LogP contribution < -0.4 is 10.1 Å². The van der Waals surface area contributed by atoms with Crippen LogP contribution in [-0.2, 0) is 0 Å². The molecule has 4 rings (SSSR count). The van der Waals surface area contributed by atoms with Crippen molar-refractivity contribution in [2.24, 2.45) is 0 Å². The Morgan fingerprint density at radius 3 is 2.76 bits per heavy atom. The van der Waals surface area contributed by atoms with Gasteiger partial charge in [0.25, 0.3) is 5.91 Å². The number of amides is 1. The van der Waals surface area contributed by atoms with E-state index in [2.05, 4.69) is 43.2 Å². The maximum absolute atomic E-state index is 12.9. The predicted molar refractivity (Wildman–Crippen MR) is 138 cm³/mol. The zero-order valence-corrected chi connectivity index (χ0v) is 20.5. The number of unbranched alkanes of at least 4 members (excludes halogenated alkanes) is 1. The molecular formula is C28H29ClN2O3. The Kier molecular flexibility index (Phi) is 7.53. The molecule has 3 aromatic carbocycles. The van der Waals surface area contributed by atoms with Gasteiger partial charge in [-0.1, -0.05) is 50.9 Å². The Balaban J connectivity index is 1.56. The Morgan fingerprint density at radius 2 is 1.97 bits per heavy atom. The van der Waals surface area contributed by atoms with Gasteiger partial charge in [-0.15, -0.1) is 0 Å². The highest BCUT2D eigenvalue weighted by Crippen LogP contribution is 2.32. The maximum atomic E-state index is 12.9. The third-order valence-electron chi connectivity index (χ3n) is 5.92. The number of rotatable bonds is 9. The summed E-state index contributed by atoms with van der Waals surface area (Å²) < 4.78 is 11.7. The molecule has 1 heterocycles. The number of nitrogens with zero attached hydrogens (tertiary/aromatic N) is 1. The van der Waals surface area contributed by atoms with Crippen LogP contribution in [-0.4, -0.2) is 17.5 Å². The average molecular weight is 477 g/mol. The monoisotopic (exact) mass is 476 g/mol. The number of nitrogens with one attached hydrogen (secondary N) is 1. The summed E-state index contributed by atoms with van der Waals surface area (Å²) in [4.78, 5) is 17.6. The zero-order valence-electron chi connectivity index (χ0n) is 19.7. The third kappa shape index (κ3) is 5.42. The highest BCUT2D eigenvalue weighted by atomic mass is 35.5. The number of fused-ring (bicyclic) bond motifs is 1. The van der Waals surface area contributed by atoms with E-state index in [1.165, 1.54) is 5.56 Å². The summed E-state index contributed by atoms with van der Waals surface area (Å²) in [7, 11) is 0. The molecule has 1 atom stereocenters. The first-order valence-corrected chi connectivity index (χ1v) is 12.1. The molecule has 0 bridgehead atoms. The maximum Gasteiger partial charge on any atom is 0.255 e. The Labute approximate surface area is 205 Å². The first kappa shape index (κ1) is 23.8. The molecule has 1 amide bonds. The van der Waals surface area contributed by atoms with Gasteiger partial charge in [0.2, 0.25) is 5.89 Å². The van der Waals surface area contributed by atoms with Crippen molar-refractivity contribution in [2.45, 2.75) is 46.0 Å². The van der Waals surface area contributed by atoms with Gasteiger partial charge >= 0.3 is 0 Å². The number of ether oxygens (including phenoxy) is 1. The quantitative estimate of drug-likeness (QED) is 0.248. The van der Waals surface area contributed by atoms with Crippen molar-refractivity contribution < 1.29 is 13.9 Å². The SMILES string of the molecule is CCCCOc1cccc(C(=O)Nc2cc(-c3nc4cc(C(C)CC)ccc4o3)ccc2Cl)c1. The van der Waals surface area contributed by atoms with Crippen molar-refractivity contribution in [3.8, 4) is 17.2 Å². The molecule has 1 aromatic heterocycles. The van der Waals surface area contributed by atoms with Crippen molar-refractivity contribution in [2.75, 3.05) is 11.9 Å². The lowest BCUT2D eigenvalue weighted by molar-refractivity contribution is 0.102. The first-order chi connectivity index (χ1) is 16.5. The molecule has 1 N–H and O–H groups in total. The number of hydrogen-bond donors (Lipinski definition) is 1. The molecule has 0 aliphatic carbocycles. The van der Waals surface area contributed by atoms with E-state index in [-0.39, 0.29) is 5.91 Å². The summed E-state index contributed by atoms with van der Waals surface area (Å²) in [5, 5.41) is 3.33. The molecule has 0 radical (unpaired) electrons. The fraction of sp³-hybridized carbons (Fsp3) is 0.286. The number of anilines is 1. The number of carbonyl (C=O) groups is 1. The van der Waals surface area contributed by atoms with E-state index < -0.39 is 0 Å². The highest BCUT2D eigenvalue weighted by molar-refractivity contribution is 6.34. The van der Waals surface area contributed by atoms with Crippen LogP contribution in [0.25, 0.3) is 22.6 Å².